The predicted octanol–water partition coefficient (Wildman–Crippen LogP) is 3.46. The van der Waals surface area contributed by atoms with Gasteiger partial charge in [0.15, 0.2) is 0 Å². The van der Waals surface area contributed by atoms with E-state index < -0.39 is 0 Å². The maximum Gasteiger partial charge on any atom is 0.220 e. The van der Waals surface area contributed by atoms with Gasteiger partial charge in [0.1, 0.15) is 11.9 Å². The van der Waals surface area contributed by atoms with E-state index in [2.05, 4.69) is 27.4 Å². The molecule has 128 valence electrons. The zero-order chi connectivity index (χ0) is 17.5. The van der Waals surface area contributed by atoms with Gasteiger partial charge >= 0.3 is 0 Å². The fraction of sp³-hybridized carbons (Fsp3) is 0.200. The number of anilines is 1. The van der Waals surface area contributed by atoms with Gasteiger partial charge in [0.05, 0.1) is 5.69 Å². The first-order valence-corrected chi connectivity index (χ1v) is 8.31. The molecule has 0 aliphatic carbocycles. The standard InChI is InChI=1S/C20H22N4O/c1-22-12-11-19(15-6-3-2-4-7-15)25-17-9-5-8-16(14-17)18-10-13-23-20(21)24-18/h2-10,13-14,19,22H,11-12H2,1H3,(H2,21,23,24). The van der Waals surface area contributed by atoms with Crippen molar-refractivity contribution in [1.82, 2.24) is 15.3 Å². The zero-order valence-corrected chi connectivity index (χ0v) is 14.2. The first kappa shape index (κ1) is 16.9. The molecule has 25 heavy (non-hydrogen) atoms. The van der Waals surface area contributed by atoms with E-state index in [9.17, 15) is 0 Å². The molecule has 1 aromatic heterocycles. The number of nitrogen functional groups attached to an aromatic ring is 1. The molecule has 0 bridgehead atoms. The third-order valence-electron chi connectivity index (χ3n) is 3.91. The summed E-state index contributed by atoms with van der Waals surface area (Å²) in [5.41, 5.74) is 8.58. The monoisotopic (exact) mass is 334 g/mol. The number of aromatic nitrogens is 2. The molecule has 0 aliphatic rings. The Hall–Kier alpha value is -2.92. The molecule has 3 aromatic rings. The Labute approximate surface area is 147 Å². The molecule has 0 fully saturated rings. The van der Waals surface area contributed by atoms with Crippen LogP contribution in [0.2, 0.25) is 0 Å². The molecule has 5 nitrogen and oxygen atoms in total. The first-order chi connectivity index (χ1) is 12.3. The highest BCUT2D eigenvalue weighted by atomic mass is 16.5. The molecule has 0 radical (unpaired) electrons. The quantitative estimate of drug-likeness (QED) is 0.692. The molecule has 2 aromatic carbocycles. The SMILES string of the molecule is CNCCC(Oc1cccc(-c2ccnc(N)n2)c1)c1ccccc1. The third kappa shape index (κ3) is 4.55. The number of nitrogens with one attached hydrogen (secondary N) is 1. The molecule has 0 amide bonds. The van der Waals surface area contributed by atoms with Crippen molar-refractivity contribution >= 4 is 5.95 Å². The van der Waals surface area contributed by atoms with Crippen molar-refractivity contribution in [1.29, 1.82) is 0 Å². The molecule has 0 saturated heterocycles. The summed E-state index contributed by atoms with van der Waals surface area (Å²) in [5, 5.41) is 3.19. The van der Waals surface area contributed by atoms with E-state index in [0.717, 1.165) is 35.5 Å². The smallest absolute Gasteiger partial charge is 0.220 e. The lowest BCUT2D eigenvalue weighted by atomic mass is 10.1. The topological polar surface area (TPSA) is 73.1 Å². The van der Waals surface area contributed by atoms with E-state index in [-0.39, 0.29) is 12.1 Å². The zero-order valence-electron chi connectivity index (χ0n) is 14.2. The summed E-state index contributed by atoms with van der Waals surface area (Å²) in [7, 11) is 1.95. The Morgan fingerprint density at radius 3 is 2.68 bits per heavy atom. The second kappa shape index (κ2) is 8.26. The van der Waals surface area contributed by atoms with Gasteiger partial charge in [-0.25, -0.2) is 9.97 Å². The lowest BCUT2D eigenvalue weighted by Gasteiger charge is -2.20. The van der Waals surface area contributed by atoms with E-state index in [0.29, 0.717) is 0 Å². The van der Waals surface area contributed by atoms with Gasteiger partial charge in [0.25, 0.3) is 0 Å². The largest absolute Gasteiger partial charge is 0.486 e. The maximum absolute atomic E-state index is 6.28. The van der Waals surface area contributed by atoms with Gasteiger partial charge < -0.3 is 15.8 Å². The second-order valence-corrected chi connectivity index (χ2v) is 5.74. The van der Waals surface area contributed by atoms with Crippen molar-refractivity contribution in [2.45, 2.75) is 12.5 Å². The van der Waals surface area contributed by atoms with Crippen LogP contribution < -0.4 is 15.8 Å². The van der Waals surface area contributed by atoms with Crippen LogP contribution in [-0.4, -0.2) is 23.6 Å². The van der Waals surface area contributed by atoms with E-state index in [1.165, 1.54) is 0 Å². The Morgan fingerprint density at radius 1 is 1.08 bits per heavy atom. The van der Waals surface area contributed by atoms with Crippen LogP contribution in [0.25, 0.3) is 11.3 Å². The van der Waals surface area contributed by atoms with Crippen molar-refractivity contribution in [3.8, 4) is 17.0 Å². The summed E-state index contributed by atoms with van der Waals surface area (Å²) >= 11 is 0. The summed E-state index contributed by atoms with van der Waals surface area (Å²) in [6.45, 7) is 0.877. The lowest BCUT2D eigenvalue weighted by molar-refractivity contribution is 0.195. The number of nitrogens with two attached hydrogens (primary N) is 1. The normalized spacial score (nSPS) is 11.9. The van der Waals surface area contributed by atoms with Crippen LogP contribution in [0, 0.1) is 0 Å². The molecule has 3 rings (SSSR count). The highest BCUT2D eigenvalue weighted by Crippen LogP contribution is 2.28. The lowest BCUT2D eigenvalue weighted by Crippen LogP contribution is -2.16. The van der Waals surface area contributed by atoms with Gasteiger partial charge in [-0.15, -0.1) is 0 Å². The summed E-state index contributed by atoms with van der Waals surface area (Å²) < 4.78 is 6.28. The fourth-order valence-corrected chi connectivity index (χ4v) is 2.66. The molecule has 0 spiro atoms. The summed E-state index contributed by atoms with van der Waals surface area (Å²) in [5.74, 6) is 1.07. The number of ether oxygens (including phenoxy) is 1. The highest BCUT2D eigenvalue weighted by molar-refractivity contribution is 5.61. The van der Waals surface area contributed by atoms with Gasteiger partial charge in [-0.1, -0.05) is 42.5 Å². The minimum Gasteiger partial charge on any atom is -0.486 e. The molecule has 0 saturated carbocycles. The Morgan fingerprint density at radius 2 is 1.92 bits per heavy atom. The second-order valence-electron chi connectivity index (χ2n) is 5.74. The van der Waals surface area contributed by atoms with Crippen LogP contribution in [0.3, 0.4) is 0 Å². The van der Waals surface area contributed by atoms with E-state index >= 15 is 0 Å². The molecule has 0 aliphatic heterocycles. The average molecular weight is 334 g/mol. The van der Waals surface area contributed by atoms with Crippen LogP contribution in [0.4, 0.5) is 5.95 Å². The minimum absolute atomic E-state index is 0.0145. The number of hydrogen-bond donors (Lipinski definition) is 2. The van der Waals surface area contributed by atoms with Crippen molar-refractivity contribution in [3.63, 3.8) is 0 Å². The molecule has 1 atom stereocenters. The highest BCUT2D eigenvalue weighted by Gasteiger charge is 2.13. The van der Waals surface area contributed by atoms with E-state index in [1.807, 2.05) is 55.6 Å². The van der Waals surface area contributed by atoms with Gasteiger partial charge in [-0.05, 0) is 37.4 Å². The maximum atomic E-state index is 6.28. The van der Waals surface area contributed by atoms with E-state index in [4.69, 9.17) is 10.5 Å². The summed E-state index contributed by atoms with van der Waals surface area (Å²) in [4.78, 5) is 8.21. The Bertz CT molecular complexity index is 808. The molecular formula is C20H22N4O. The number of hydrogen-bond acceptors (Lipinski definition) is 5. The average Bonchev–Trinajstić information content (AvgIpc) is 2.66. The molecule has 1 unspecified atom stereocenters. The molecule has 3 N–H and O–H groups in total. The van der Waals surface area contributed by atoms with Crippen LogP contribution in [0.15, 0.2) is 66.9 Å². The van der Waals surface area contributed by atoms with Crippen molar-refractivity contribution < 1.29 is 4.74 Å². The van der Waals surface area contributed by atoms with Gasteiger partial charge in [0, 0.05) is 18.2 Å². The van der Waals surface area contributed by atoms with Crippen LogP contribution >= 0.6 is 0 Å². The Kier molecular flexibility index (Phi) is 5.59. The molecule has 5 heteroatoms. The van der Waals surface area contributed by atoms with Crippen LogP contribution in [0.5, 0.6) is 5.75 Å². The van der Waals surface area contributed by atoms with Crippen LogP contribution in [0.1, 0.15) is 18.1 Å². The predicted molar refractivity (Wildman–Crippen MR) is 100 cm³/mol. The summed E-state index contributed by atoms with van der Waals surface area (Å²) in [6, 6.07) is 20.0. The van der Waals surface area contributed by atoms with Gasteiger partial charge in [-0.2, -0.15) is 0 Å². The van der Waals surface area contributed by atoms with Gasteiger partial charge in [0.2, 0.25) is 5.95 Å². The van der Waals surface area contributed by atoms with Crippen LogP contribution in [-0.2, 0) is 0 Å². The fourth-order valence-electron chi connectivity index (χ4n) is 2.66. The van der Waals surface area contributed by atoms with E-state index in [1.54, 1.807) is 6.20 Å². The first-order valence-electron chi connectivity index (χ1n) is 8.31. The Balaban J connectivity index is 1.84. The number of benzene rings is 2. The van der Waals surface area contributed by atoms with Gasteiger partial charge in [-0.3, -0.25) is 0 Å². The summed E-state index contributed by atoms with van der Waals surface area (Å²) in [6.07, 6.45) is 2.52. The van der Waals surface area contributed by atoms with Crippen molar-refractivity contribution in [2.24, 2.45) is 0 Å². The number of nitrogens with zero attached hydrogens (tertiary/aromatic N) is 2. The third-order valence-corrected chi connectivity index (χ3v) is 3.91. The van der Waals surface area contributed by atoms with Crippen molar-refractivity contribution in [2.75, 3.05) is 19.3 Å². The number of rotatable bonds is 7. The minimum atomic E-state index is -0.0145. The molecular weight excluding hydrogens is 312 g/mol. The molecule has 1 heterocycles. The van der Waals surface area contributed by atoms with Crippen molar-refractivity contribution in [3.05, 3.63) is 72.4 Å².